The fraction of sp³-hybridized carbons (Fsp3) is 0.200. The zero-order valence-corrected chi connectivity index (χ0v) is 12.9. The van der Waals surface area contributed by atoms with E-state index in [1.54, 1.807) is 24.3 Å². The zero-order chi connectivity index (χ0) is 15.2. The second-order valence-electron chi connectivity index (χ2n) is 4.38. The summed E-state index contributed by atoms with van der Waals surface area (Å²) in [7, 11) is 0. The molecule has 1 amide bonds. The van der Waals surface area contributed by atoms with Crippen LogP contribution in [0.15, 0.2) is 41.8 Å². The first-order valence-electron chi connectivity index (χ1n) is 6.33. The molecule has 6 heteroatoms. The summed E-state index contributed by atoms with van der Waals surface area (Å²) in [6.45, 7) is 1.54. The summed E-state index contributed by atoms with van der Waals surface area (Å²) < 4.78 is 5.11. The Morgan fingerprint density at radius 2 is 2.00 bits per heavy atom. The number of rotatable bonds is 5. The largest absolute Gasteiger partial charge is 0.452 e. The summed E-state index contributed by atoms with van der Waals surface area (Å²) in [5.41, 5.74) is 0.602. The van der Waals surface area contributed by atoms with Crippen molar-refractivity contribution in [3.63, 3.8) is 0 Å². The first-order chi connectivity index (χ1) is 10.0. The third kappa shape index (κ3) is 4.88. The van der Waals surface area contributed by atoms with Crippen molar-refractivity contribution in [3.05, 3.63) is 51.7 Å². The van der Waals surface area contributed by atoms with Crippen molar-refractivity contribution in [1.82, 2.24) is 0 Å². The summed E-state index contributed by atoms with van der Waals surface area (Å²) in [6.07, 6.45) is -0.677. The van der Waals surface area contributed by atoms with E-state index in [1.165, 1.54) is 18.3 Å². The molecule has 0 fully saturated rings. The van der Waals surface area contributed by atoms with E-state index in [0.717, 1.165) is 4.88 Å². The average Bonchev–Trinajstić information content (AvgIpc) is 2.94. The first kappa shape index (κ1) is 15.5. The number of carbonyl (C=O) groups excluding carboxylic acids is 2. The van der Waals surface area contributed by atoms with Gasteiger partial charge in [-0.25, -0.2) is 0 Å². The predicted octanol–water partition coefficient (Wildman–Crippen LogP) is 3.51. The van der Waals surface area contributed by atoms with E-state index >= 15 is 0 Å². The van der Waals surface area contributed by atoms with Crippen LogP contribution in [0.4, 0.5) is 5.69 Å². The molecular weight excluding hydrogens is 310 g/mol. The highest BCUT2D eigenvalue weighted by atomic mass is 35.5. The molecule has 110 valence electrons. The Bertz CT molecular complexity index is 610. The molecule has 1 aromatic carbocycles. The average molecular weight is 324 g/mol. The molecule has 2 aromatic rings. The van der Waals surface area contributed by atoms with Crippen LogP contribution in [0.25, 0.3) is 0 Å². The van der Waals surface area contributed by atoms with Crippen molar-refractivity contribution >= 4 is 40.5 Å². The number of benzene rings is 1. The van der Waals surface area contributed by atoms with Gasteiger partial charge in [0.2, 0.25) is 0 Å². The quantitative estimate of drug-likeness (QED) is 0.857. The molecular formula is C15H14ClNO3S. The molecule has 1 heterocycles. The Kier molecular flexibility index (Phi) is 5.36. The van der Waals surface area contributed by atoms with Crippen LogP contribution in [0, 0.1) is 0 Å². The number of hydrogen-bond donors (Lipinski definition) is 1. The van der Waals surface area contributed by atoms with Gasteiger partial charge in [0, 0.05) is 15.6 Å². The van der Waals surface area contributed by atoms with E-state index in [-0.39, 0.29) is 12.3 Å². The molecule has 0 aliphatic heterocycles. The van der Waals surface area contributed by atoms with Crippen LogP contribution in [0.5, 0.6) is 0 Å². The minimum absolute atomic E-state index is 0.177. The highest BCUT2D eigenvalue weighted by molar-refractivity contribution is 7.10. The Balaban J connectivity index is 1.84. The van der Waals surface area contributed by atoms with E-state index in [2.05, 4.69) is 5.32 Å². The van der Waals surface area contributed by atoms with Crippen LogP contribution >= 0.6 is 22.9 Å². The minimum Gasteiger partial charge on any atom is -0.452 e. The van der Waals surface area contributed by atoms with Crippen LogP contribution in [0.1, 0.15) is 11.8 Å². The molecule has 0 saturated heterocycles. The van der Waals surface area contributed by atoms with E-state index < -0.39 is 12.1 Å². The smallest absolute Gasteiger partial charge is 0.311 e. The fourth-order valence-electron chi connectivity index (χ4n) is 1.62. The predicted molar refractivity (Wildman–Crippen MR) is 83.7 cm³/mol. The molecule has 1 N–H and O–H groups in total. The Morgan fingerprint density at radius 1 is 1.29 bits per heavy atom. The number of nitrogens with one attached hydrogen (secondary N) is 1. The maximum absolute atomic E-state index is 11.9. The summed E-state index contributed by atoms with van der Waals surface area (Å²) in [5.74, 6) is -0.798. The maximum atomic E-state index is 11.9. The molecule has 21 heavy (non-hydrogen) atoms. The van der Waals surface area contributed by atoms with Crippen molar-refractivity contribution in [2.24, 2.45) is 0 Å². The highest BCUT2D eigenvalue weighted by Crippen LogP contribution is 2.14. The molecule has 0 saturated carbocycles. The Hall–Kier alpha value is -1.85. The van der Waals surface area contributed by atoms with E-state index in [0.29, 0.717) is 10.7 Å². The van der Waals surface area contributed by atoms with E-state index in [9.17, 15) is 9.59 Å². The third-order valence-corrected chi connectivity index (χ3v) is 3.82. The normalized spacial score (nSPS) is 11.7. The van der Waals surface area contributed by atoms with Crippen molar-refractivity contribution < 1.29 is 14.3 Å². The van der Waals surface area contributed by atoms with Crippen molar-refractivity contribution in [1.29, 1.82) is 0 Å². The number of ether oxygens (including phenoxy) is 1. The van der Waals surface area contributed by atoms with Gasteiger partial charge in [0.05, 0.1) is 6.42 Å². The van der Waals surface area contributed by atoms with Crippen molar-refractivity contribution in [2.45, 2.75) is 19.4 Å². The van der Waals surface area contributed by atoms with Gasteiger partial charge >= 0.3 is 5.97 Å². The van der Waals surface area contributed by atoms with Gasteiger partial charge in [-0.2, -0.15) is 0 Å². The van der Waals surface area contributed by atoms with Gasteiger partial charge in [-0.05, 0) is 42.6 Å². The lowest BCUT2D eigenvalue weighted by molar-refractivity contribution is -0.152. The summed E-state index contributed by atoms with van der Waals surface area (Å²) in [5, 5.41) is 5.14. The lowest BCUT2D eigenvalue weighted by atomic mass is 10.3. The molecule has 0 aliphatic rings. The van der Waals surface area contributed by atoms with Gasteiger partial charge in [-0.1, -0.05) is 17.7 Å². The van der Waals surface area contributed by atoms with Crippen LogP contribution in [-0.2, 0) is 20.7 Å². The topological polar surface area (TPSA) is 55.4 Å². The second kappa shape index (κ2) is 7.24. The highest BCUT2D eigenvalue weighted by Gasteiger charge is 2.18. The molecule has 4 nitrogen and oxygen atoms in total. The van der Waals surface area contributed by atoms with E-state index in [4.69, 9.17) is 16.3 Å². The number of anilines is 1. The van der Waals surface area contributed by atoms with Crippen LogP contribution in [0.2, 0.25) is 5.02 Å². The second-order valence-corrected chi connectivity index (χ2v) is 5.85. The lowest BCUT2D eigenvalue weighted by Crippen LogP contribution is -2.30. The molecule has 0 aliphatic carbocycles. The molecule has 2 rings (SSSR count). The van der Waals surface area contributed by atoms with Crippen LogP contribution in [-0.4, -0.2) is 18.0 Å². The third-order valence-electron chi connectivity index (χ3n) is 2.69. The molecule has 1 aromatic heterocycles. The van der Waals surface area contributed by atoms with Crippen molar-refractivity contribution in [2.75, 3.05) is 5.32 Å². The van der Waals surface area contributed by atoms with Crippen LogP contribution in [0.3, 0.4) is 0 Å². The van der Waals surface area contributed by atoms with Gasteiger partial charge in [0.1, 0.15) is 0 Å². The number of thiophene rings is 1. The monoisotopic (exact) mass is 323 g/mol. The minimum atomic E-state index is -0.854. The molecule has 0 unspecified atom stereocenters. The number of carbonyl (C=O) groups is 2. The summed E-state index contributed by atoms with van der Waals surface area (Å²) >= 11 is 7.24. The Labute approximate surface area is 131 Å². The standard InChI is InChI=1S/C15H14ClNO3S/c1-10(20-14(18)9-13-3-2-8-21-13)15(19)17-12-6-4-11(16)5-7-12/h2-8,10H,9H2,1H3,(H,17,19)/t10-/m1/s1. The lowest BCUT2D eigenvalue weighted by Gasteiger charge is -2.13. The molecule has 1 atom stereocenters. The zero-order valence-electron chi connectivity index (χ0n) is 11.3. The summed E-state index contributed by atoms with van der Waals surface area (Å²) in [6, 6.07) is 10.4. The van der Waals surface area contributed by atoms with Gasteiger partial charge in [0.15, 0.2) is 6.10 Å². The number of halogens is 1. The number of amides is 1. The maximum Gasteiger partial charge on any atom is 0.311 e. The van der Waals surface area contributed by atoms with E-state index in [1.807, 2.05) is 17.5 Å². The fourth-order valence-corrected chi connectivity index (χ4v) is 2.44. The Morgan fingerprint density at radius 3 is 2.62 bits per heavy atom. The van der Waals surface area contributed by atoms with Gasteiger partial charge in [-0.3, -0.25) is 9.59 Å². The molecule has 0 radical (unpaired) electrons. The number of esters is 1. The van der Waals surface area contributed by atoms with Gasteiger partial charge < -0.3 is 10.1 Å². The summed E-state index contributed by atoms with van der Waals surface area (Å²) in [4.78, 5) is 24.5. The first-order valence-corrected chi connectivity index (χ1v) is 7.58. The number of hydrogen-bond acceptors (Lipinski definition) is 4. The van der Waals surface area contributed by atoms with Crippen molar-refractivity contribution in [3.8, 4) is 0 Å². The molecule has 0 bridgehead atoms. The SMILES string of the molecule is C[C@@H](OC(=O)Cc1cccs1)C(=O)Nc1ccc(Cl)cc1. The van der Waals surface area contributed by atoms with Gasteiger partial charge in [-0.15, -0.1) is 11.3 Å². The van der Waals surface area contributed by atoms with Gasteiger partial charge in [0.25, 0.3) is 5.91 Å². The molecule has 0 spiro atoms. The van der Waals surface area contributed by atoms with Crippen LogP contribution < -0.4 is 5.32 Å².